The van der Waals surface area contributed by atoms with Crippen LogP contribution < -0.4 is 10.2 Å². The first-order valence-corrected chi connectivity index (χ1v) is 4.54. The molecule has 0 unspecified atom stereocenters. The Morgan fingerprint density at radius 3 is 1.30 bits per heavy atom. The average molecular weight is 380 g/mol. The van der Waals surface area contributed by atoms with Gasteiger partial charge in [0.15, 0.2) is 0 Å². The number of carboxylic acid groups (broad SMARTS) is 2. The van der Waals surface area contributed by atoms with Gasteiger partial charge in [-0.25, -0.2) is 0 Å². The Labute approximate surface area is 132 Å². The van der Waals surface area contributed by atoms with Crippen LogP contribution in [0.1, 0.15) is 21.2 Å². The normalized spacial score (nSPS) is 9.04. The molecule has 0 saturated heterocycles. The van der Waals surface area contributed by atoms with Crippen molar-refractivity contribution in [3.8, 4) is 0 Å². The van der Waals surface area contributed by atoms with Crippen molar-refractivity contribution in [2.75, 3.05) is 0 Å². The van der Waals surface area contributed by atoms with Gasteiger partial charge in [0.2, 0.25) is 10.4 Å². The molecule has 0 saturated carbocycles. The van der Waals surface area contributed by atoms with Gasteiger partial charge < -0.3 is 40.0 Å². The molecule has 0 aliphatic rings. The maximum Gasteiger partial charge on any atom is 2.00 e. The predicted octanol–water partition coefficient (Wildman–Crippen LogP) is -5.85. The number of rotatable bonds is 4. The fraction of sp³-hybridized carbons (Fsp3) is 0. The number of carbonyl (C=O) groups excluding carboxylic acids is 2. The summed E-state index contributed by atoms with van der Waals surface area (Å²) in [7, 11) is 0. The van der Waals surface area contributed by atoms with Crippen LogP contribution in [0.5, 0.6) is 0 Å². The van der Waals surface area contributed by atoms with Crippen molar-refractivity contribution in [1.82, 2.24) is 40.6 Å². The number of tetrazole rings is 2. The number of nitro groups is 2. The molecular weight excluding hydrogens is 380 g/mol. The number of hydrogen-bond acceptors (Lipinski definition) is 14. The Morgan fingerprint density at radius 2 is 1.13 bits per heavy atom. The summed E-state index contributed by atoms with van der Waals surface area (Å²) >= 11 is 0. The molecule has 0 amide bonds. The Kier molecular flexibility index (Phi) is 6.74. The van der Waals surface area contributed by atoms with Crippen LogP contribution in [0.4, 0.5) is 0 Å². The molecule has 125 valence electrons. The van der Waals surface area contributed by atoms with E-state index in [0.717, 1.165) is 0 Å². The first-order chi connectivity index (χ1) is 10.3. The van der Waals surface area contributed by atoms with Crippen molar-refractivity contribution in [1.29, 1.82) is 0 Å². The molecule has 0 aliphatic heterocycles. The summed E-state index contributed by atoms with van der Waals surface area (Å²) in [6.45, 7) is 0. The van der Waals surface area contributed by atoms with Crippen LogP contribution in [0.15, 0.2) is 0 Å². The van der Waals surface area contributed by atoms with E-state index < -0.39 is 33.7 Å². The Morgan fingerprint density at radius 1 is 0.826 bits per heavy atom. The average Bonchev–Trinajstić information content (AvgIpc) is 3.08. The zero-order chi connectivity index (χ0) is 16.9. The molecule has 23 heavy (non-hydrogen) atoms. The third-order valence-electron chi connectivity index (χ3n) is 1.58. The Hall–Kier alpha value is -3.60. The second kappa shape index (κ2) is 7.99. The van der Waals surface area contributed by atoms with Crippen LogP contribution in [-0.2, 0) is 17.1 Å². The number of aromatic nitrogens is 8. The first kappa shape index (κ1) is 19.4. The minimum absolute atomic E-state index is 0. The standard InChI is InChI=1S/2C2HN5O4.Cu/c2*8-2(9)1-3-4-5-6(1)7(10)11;/h2*(H,8,9);/q;;+2/p-2. The molecule has 18 nitrogen and oxygen atoms in total. The molecule has 0 spiro atoms. The first-order valence-electron chi connectivity index (χ1n) is 4.54. The van der Waals surface area contributed by atoms with E-state index in [-0.39, 0.29) is 26.7 Å². The van der Waals surface area contributed by atoms with Gasteiger partial charge in [-0.15, -0.1) is 0 Å². The second-order valence-corrected chi connectivity index (χ2v) is 2.83. The van der Waals surface area contributed by atoms with E-state index in [1.807, 2.05) is 0 Å². The molecule has 0 fully saturated rings. The number of nitrogens with zero attached hydrogens (tertiary/aromatic N) is 10. The van der Waals surface area contributed by atoms with Gasteiger partial charge in [-0.2, -0.15) is 0 Å². The van der Waals surface area contributed by atoms with E-state index in [2.05, 4.69) is 31.1 Å². The molecule has 0 atom stereocenters. The van der Waals surface area contributed by atoms with Gasteiger partial charge in [-0.1, -0.05) is 10.2 Å². The van der Waals surface area contributed by atoms with Crippen molar-refractivity contribution < 1.29 is 46.9 Å². The predicted molar refractivity (Wildman–Crippen MR) is 49.1 cm³/mol. The summed E-state index contributed by atoms with van der Waals surface area (Å²) in [6.07, 6.45) is 0. The molecule has 0 bridgehead atoms. The summed E-state index contributed by atoms with van der Waals surface area (Å²) in [5, 5.41) is 54.5. The minimum atomic E-state index is -1.80. The summed E-state index contributed by atoms with van der Waals surface area (Å²) in [4.78, 5) is 39.7. The zero-order valence-corrected chi connectivity index (χ0v) is 11.0. The van der Waals surface area contributed by atoms with Gasteiger partial charge >= 0.3 is 17.1 Å². The number of carboxylic acids is 2. The summed E-state index contributed by atoms with van der Waals surface area (Å²) in [5.74, 6) is -5.47. The molecule has 19 heteroatoms. The van der Waals surface area contributed by atoms with Crippen LogP contribution >= 0.6 is 0 Å². The van der Waals surface area contributed by atoms with Crippen molar-refractivity contribution in [2.24, 2.45) is 0 Å². The van der Waals surface area contributed by atoms with E-state index >= 15 is 0 Å². The van der Waals surface area contributed by atoms with E-state index in [1.54, 1.807) is 0 Å². The van der Waals surface area contributed by atoms with Gasteiger partial charge in [0.25, 0.3) is 11.6 Å². The van der Waals surface area contributed by atoms with Gasteiger partial charge in [-0.3, -0.25) is 0 Å². The van der Waals surface area contributed by atoms with Crippen molar-refractivity contribution in [3.05, 3.63) is 31.9 Å². The third kappa shape index (κ3) is 4.71. The molecule has 0 N–H and O–H groups in total. The summed E-state index contributed by atoms with van der Waals surface area (Å²) in [6, 6.07) is 0. The molecule has 0 aromatic carbocycles. The van der Waals surface area contributed by atoms with E-state index in [9.17, 15) is 40.0 Å². The van der Waals surface area contributed by atoms with Gasteiger partial charge in [0, 0.05) is 0 Å². The van der Waals surface area contributed by atoms with Crippen molar-refractivity contribution in [3.63, 3.8) is 0 Å². The van der Waals surface area contributed by atoms with Gasteiger partial charge in [0.05, 0.1) is 19.6 Å². The van der Waals surface area contributed by atoms with Crippen molar-refractivity contribution in [2.45, 2.75) is 0 Å². The van der Waals surface area contributed by atoms with Crippen LogP contribution in [0.2, 0.25) is 0 Å². The quantitative estimate of drug-likeness (QED) is 0.272. The molecule has 2 aromatic heterocycles. The van der Waals surface area contributed by atoms with E-state index in [4.69, 9.17) is 0 Å². The maximum absolute atomic E-state index is 10.0. The summed E-state index contributed by atoms with van der Waals surface area (Å²) < 4.78 is 0. The SMILES string of the molecule is O=C([O-])c1nnnn1[N+](=O)[O-].O=C([O-])c1nnnn1[N+](=O)[O-].[Cu+2]. The maximum atomic E-state index is 10.0. The molecule has 1 radical (unpaired) electrons. The smallest absolute Gasteiger partial charge is 0.541 e. The second-order valence-electron chi connectivity index (χ2n) is 2.83. The van der Waals surface area contributed by atoms with Crippen LogP contribution in [0.25, 0.3) is 0 Å². The molecule has 2 heterocycles. The zero-order valence-electron chi connectivity index (χ0n) is 10.0. The van der Waals surface area contributed by atoms with Crippen LogP contribution in [-0.4, -0.2) is 62.6 Å². The number of aromatic carboxylic acids is 2. The van der Waals surface area contributed by atoms with Crippen molar-refractivity contribution >= 4 is 11.9 Å². The molecule has 2 rings (SSSR count). The molecule has 2 aromatic rings. The van der Waals surface area contributed by atoms with E-state index in [1.165, 1.54) is 0 Å². The Balaban J connectivity index is 0.000000403. The van der Waals surface area contributed by atoms with E-state index in [0.29, 0.717) is 0 Å². The van der Waals surface area contributed by atoms with Crippen LogP contribution in [0.3, 0.4) is 0 Å². The summed E-state index contributed by atoms with van der Waals surface area (Å²) in [5.41, 5.74) is 0. The fourth-order valence-electron chi connectivity index (χ4n) is 0.830. The molecular formula is C4CuN10O8. The largest absolute Gasteiger partial charge is 2.00 e. The Bertz CT molecular complexity index is 618. The van der Waals surface area contributed by atoms with Gasteiger partial charge in [-0.05, 0) is 0 Å². The van der Waals surface area contributed by atoms with Crippen LogP contribution in [0, 0.1) is 20.2 Å². The third-order valence-corrected chi connectivity index (χ3v) is 1.58. The monoisotopic (exact) mass is 379 g/mol. The number of carbonyl (C=O) groups is 2. The minimum Gasteiger partial charge on any atom is -0.541 e. The van der Waals surface area contributed by atoms with Gasteiger partial charge in [0.1, 0.15) is 22.4 Å². The molecule has 0 aliphatic carbocycles. The fourth-order valence-corrected chi connectivity index (χ4v) is 0.830. The topological polar surface area (TPSA) is 254 Å². The number of hydrogen-bond donors (Lipinski definition) is 0.